The first kappa shape index (κ1) is 20.4. The Morgan fingerprint density at radius 2 is 1.96 bits per heavy atom. The van der Waals surface area contributed by atoms with Gasteiger partial charge < -0.3 is 9.84 Å². The molecule has 0 aliphatic carbocycles. The van der Waals surface area contributed by atoms with E-state index in [1.807, 2.05) is 14.0 Å². The third-order valence-corrected chi connectivity index (χ3v) is 6.37. The second kappa shape index (κ2) is 8.63. The second-order valence-electron chi connectivity index (χ2n) is 5.52. The van der Waals surface area contributed by atoms with Gasteiger partial charge in [-0.1, -0.05) is 11.2 Å². The summed E-state index contributed by atoms with van der Waals surface area (Å²) >= 11 is 1.17. The van der Waals surface area contributed by atoms with Crippen LogP contribution in [0.15, 0.2) is 50.5 Å². The van der Waals surface area contributed by atoms with Crippen molar-refractivity contribution < 1.29 is 12.9 Å². The van der Waals surface area contributed by atoms with Gasteiger partial charge in [-0.3, -0.25) is 4.72 Å². The number of hydrogen-bond donors (Lipinski definition) is 2. The molecular weight excluding hydrogens is 396 g/mol. The van der Waals surface area contributed by atoms with E-state index in [0.29, 0.717) is 23.8 Å². The lowest BCUT2D eigenvalue weighted by Crippen LogP contribution is -2.24. The predicted molar refractivity (Wildman–Crippen MR) is 104 cm³/mol. The maximum Gasteiger partial charge on any atom is 0.271 e. The Morgan fingerprint density at radius 1 is 1.23 bits per heavy atom. The van der Waals surface area contributed by atoms with E-state index in [2.05, 4.69) is 20.2 Å². The molecule has 2 aromatic heterocycles. The number of hydrogen-bond acceptors (Lipinski definition) is 7. The lowest BCUT2D eigenvalue weighted by Gasteiger charge is -2.06. The first-order chi connectivity index (χ1) is 12.0. The van der Waals surface area contributed by atoms with Crippen molar-refractivity contribution in [3.8, 4) is 11.5 Å². The van der Waals surface area contributed by atoms with Crippen molar-refractivity contribution >= 4 is 39.5 Å². The Labute approximate surface area is 162 Å². The molecule has 0 radical (unpaired) electrons. The van der Waals surface area contributed by atoms with E-state index in [9.17, 15) is 8.42 Å². The largest absolute Gasteiger partial charge is 0.334 e. The standard InChI is InChI=1S/C16H18N4O3S2.ClH/c1-11(17-2)10-14-18-16(23-19-14)12-5-7-13(8-6-12)20-25(21,22)15-4-3-9-24-15;/h3-9,11,17,20H,10H2,1-2H3;1H. The van der Waals surface area contributed by atoms with Crippen LogP contribution < -0.4 is 10.0 Å². The normalized spacial score (nSPS) is 12.4. The van der Waals surface area contributed by atoms with Crippen LogP contribution in [0.5, 0.6) is 0 Å². The maximum atomic E-state index is 12.2. The van der Waals surface area contributed by atoms with Crippen LogP contribution in [0.25, 0.3) is 11.5 Å². The van der Waals surface area contributed by atoms with Crippen LogP contribution >= 0.6 is 23.7 Å². The molecule has 2 N–H and O–H groups in total. The Kier molecular flexibility index (Phi) is 6.76. The molecular formula is C16H19ClN4O3S2. The molecule has 7 nitrogen and oxygen atoms in total. The zero-order valence-corrected chi connectivity index (χ0v) is 16.6. The summed E-state index contributed by atoms with van der Waals surface area (Å²) in [6.07, 6.45) is 0.665. The van der Waals surface area contributed by atoms with E-state index < -0.39 is 10.0 Å². The lowest BCUT2D eigenvalue weighted by molar-refractivity contribution is 0.418. The van der Waals surface area contributed by atoms with E-state index in [0.717, 1.165) is 5.56 Å². The van der Waals surface area contributed by atoms with Crippen molar-refractivity contribution in [3.63, 3.8) is 0 Å². The van der Waals surface area contributed by atoms with E-state index in [1.165, 1.54) is 11.3 Å². The number of anilines is 1. The minimum Gasteiger partial charge on any atom is -0.334 e. The number of nitrogens with zero attached hydrogens (tertiary/aromatic N) is 2. The monoisotopic (exact) mass is 414 g/mol. The topological polar surface area (TPSA) is 97.1 Å². The summed E-state index contributed by atoms with van der Waals surface area (Å²) in [6, 6.07) is 10.3. The van der Waals surface area contributed by atoms with Gasteiger partial charge in [0.2, 0.25) is 0 Å². The molecule has 0 fully saturated rings. The number of aromatic nitrogens is 2. The molecule has 0 saturated heterocycles. The number of thiophene rings is 1. The highest BCUT2D eigenvalue weighted by Crippen LogP contribution is 2.23. The summed E-state index contributed by atoms with van der Waals surface area (Å²) in [7, 11) is -1.67. The molecule has 1 aromatic carbocycles. The number of nitrogens with one attached hydrogen (secondary N) is 2. The SMILES string of the molecule is CNC(C)Cc1noc(-c2ccc(NS(=O)(=O)c3cccs3)cc2)n1.Cl. The average Bonchev–Trinajstić information content (AvgIpc) is 3.27. The summed E-state index contributed by atoms with van der Waals surface area (Å²) in [6.45, 7) is 2.03. The molecule has 0 saturated carbocycles. The molecule has 1 atom stereocenters. The van der Waals surface area contributed by atoms with Crippen LogP contribution in [0.3, 0.4) is 0 Å². The van der Waals surface area contributed by atoms with Gasteiger partial charge in [0, 0.05) is 23.7 Å². The average molecular weight is 415 g/mol. The van der Waals surface area contributed by atoms with Crippen LogP contribution in [-0.4, -0.2) is 31.6 Å². The molecule has 0 aliphatic heterocycles. The number of sulfonamides is 1. The molecule has 3 aromatic rings. The predicted octanol–water partition coefficient (Wildman–Crippen LogP) is 3.17. The Balaban J connectivity index is 0.00000243. The van der Waals surface area contributed by atoms with Crippen LogP contribution in [0.4, 0.5) is 5.69 Å². The molecule has 2 heterocycles. The van der Waals surface area contributed by atoms with Crippen LogP contribution in [0, 0.1) is 0 Å². The zero-order chi connectivity index (χ0) is 17.9. The summed E-state index contributed by atoms with van der Waals surface area (Å²) in [4.78, 5) is 4.36. The van der Waals surface area contributed by atoms with Crippen LogP contribution in [0.1, 0.15) is 12.7 Å². The molecule has 1 unspecified atom stereocenters. The molecule has 0 aliphatic rings. The van der Waals surface area contributed by atoms with E-state index in [-0.39, 0.29) is 22.7 Å². The third kappa shape index (κ3) is 4.82. The highest BCUT2D eigenvalue weighted by atomic mass is 35.5. The van der Waals surface area contributed by atoms with Crippen molar-refractivity contribution in [2.75, 3.05) is 11.8 Å². The van der Waals surface area contributed by atoms with Gasteiger partial charge in [0.25, 0.3) is 15.9 Å². The van der Waals surface area contributed by atoms with Crippen molar-refractivity contribution in [2.45, 2.75) is 23.6 Å². The van der Waals surface area contributed by atoms with Gasteiger partial charge in [-0.15, -0.1) is 23.7 Å². The summed E-state index contributed by atoms with van der Waals surface area (Å²) in [5.74, 6) is 1.03. The van der Waals surface area contributed by atoms with Gasteiger partial charge in [-0.2, -0.15) is 4.98 Å². The van der Waals surface area contributed by atoms with Gasteiger partial charge >= 0.3 is 0 Å². The van der Waals surface area contributed by atoms with Gasteiger partial charge in [0.05, 0.1) is 0 Å². The summed E-state index contributed by atoms with van der Waals surface area (Å²) < 4.78 is 32.5. The summed E-state index contributed by atoms with van der Waals surface area (Å²) in [5, 5.41) is 8.80. The molecule has 26 heavy (non-hydrogen) atoms. The van der Waals surface area contributed by atoms with Crippen molar-refractivity contribution in [3.05, 3.63) is 47.6 Å². The van der Waals surface area contributed by atoms with E-state index in [4.69, 9.17) is 4.52 Å². The maximum absolute atomic E-state index is 12.2. The fourth-order valence-corrected chi connectivity index (χ4v) is 4.18. The first-order valence-electron chi connectivity index (χ1n) is 7.64. The lowest BCUT2D eigenvalue weighted by atomic mass is 10.2. The van der Waals surface area contributed by atoms with Crippen molar-refractivity contribution in [1.82, 2.24) is 15.5 Å². The molecule has 0 amide bonds. The zero-order valence-electron chi connectivity index (χ0n) is 14.2. The summed E-state index contributed by atoms with van der Waals surface area (Å²) in [5.41, 5.74) is 1.20. The fourth-order valence-electron chi connectivity index (χ4n) is 2.13. The van der Waals surface area contributed by atoms with Crippen LogP contribution in [-0.2, 0) is 16.4 Å². The van der Waals surface area contributed by atoms with Gasteiger partial charge in [-0.05, 0) is 49.7 Å². The van der Waals surface area contributed by atoms with Crippen LogP contribution in [0.2, 0.25) is 0 Å². The van der Waals surface area contributed by atoms with Gasteiger partial charge in [0.1, 0.15) is 4.21 Å². The van der Waals surface area contributed by atoms with Crippen molar-refractivity contribution in [2.24, 2.45) is 0 Å². The molecule has 3 rings (SSSR count). The smallest absolute Gasteiger partial charge is 0.271 e. The number of benzene rings is 1. The van der Waals surface area contributed by atoms with E-state index in [1.54, 1.807) is 41.8 Å². The number of halogens is 1. The Hall–Kier alpha value is -1.94. The minimum atomic E-state index is -3.55. The number of likely N-dealkylation sites (N-methyl/N-ethyl adjacent to an activating group) is 1. The molecule has 10 heteroatoms. The van der Waals surface area contributed by atoms with E-state index >= 15 is 0 Å². The highest BCUT2D eigenvalue weighted by molar-refractivity contribution is 7.94. The minimum absolute atomic E-state index is 0. The van der Waals surface area contributed by atoms with Gasteiger partial charge in [0.15, 0.2) is 5.82 Å². The number of rotatable bonds is 7. The highest BCUT2D eigenvalue weighted by Gasteiger charge is 2.16. The Morgan fingerprint density at radius 3 is 2.58 bits per heavy atom. The molecule has 0 bridgehead atoms. The first-order valence-corrected chi connectivity index (χ1v) is 10.0. The molecule has 140 valence electrons. The van der Waals surface area contributed by atoms with Gasteiger partial charge in [-0.25, -0.2) is 8.42 Å². The molecule has 0 spiro atoms. The Bertz CT molecular complexity index is 925. The van der Waals surface area contributed by atoms with Crippen molar-refractivity contribution in [1.29, 1.82) is 0 Å². The third-order valence-electron chi connectivity index (χ3n) is 3.59. The second-order valence-corrected chi connectivity index (χ2v) is 8.38. The fraction of sp³-hybridized carbons (Fsp3) is 0.250. The quantitative estimate of drug-likeness (QED) is 0.616.